The maximum absolute atomic E-state index is 12.8. The van der Waals surface area contributed by atoms with Gasteiger partial charge in [-0.3, -0.25) is 4.79 Å². The van der Waals surface area contributed by atoms with Crippen LogP contribution in [0.25, 0.3) is 22.6 Å². The van der Waals surface area contributed by atoms with E-state index in [2.05, 4.69) is 20.3 Å². The summed E-state index contributed by atoms with van der Waals surface area (Å²) in [6.07, 6.45) is 1.69. The Morgan fingerprint density at radius 1 is 1.00 bits per heavy atom. The number of pyridine rings is 1. The summed E-state index contributed by atoms with van der Waals surface area (Å²) in [4.78, 5) is 24.8. The molecule has 2 aromatic heterocycles. The molecule has 4 rings (SSSR count). The van der Waals surface area contributed by atoms with Gasteiger partial charge in [-0.25, -0.2) is 9.97 Å². The lowest BCUT2D eigenvalue weighted by Crippen LogP contribution is -2.13. The van der Waals surface area contributed by atoms with Crippen LogP contribution in [0.15, 0.2) is 60.8 Å². The number of hydrogen-bond acceptors (Lipinski definition) is 5. The maximum Gasteiger partial charge on any atom is 0.255 e. The van der Waals surface area contributed by atoms with E-state index in [1.807, 2.05) is 36.4 Å². The Morgan fingerprint density at radius 2 is 1.75 bits per heavy atom. The molecule has 4 aromatic rings. The Bertz CT molecular complexity index is 1100. The van der Waals surface area contributed by atoms with Gasteiger partial charge in [0.2, 0.25) is 0 Å². The van der Waals surface area contributed by atoms with Gasteiger partial charge in [0.25, 0.3) is 5.91 Å². The van der Waals surface area contributed by atoms with Crippen LogP contribution >= 0.6 is 0 Å². The number of aromatic amines is 1. The normalized spacial score (nSPS) is 10.6. The van der Waals surface area contributed by atoms with Crippen LogP contribution in [0.4, 0.5) is 5.69 Å². The molecule has 0 spiro atoms. The number of aromatic nitrogens is 3. The van der Waals surface area contributed by atoms with Crippen molar-refractivity contribution in [2.45, 2.75) is 0 Å². The van der Waals surface area contributed by atoms with Crippen molar-refractivity contribution >= 4 is 22.8 Å². The fourth-order valence-electron chi connectivity index (χ4n) is 2.90. The average molecular weight is 374 g/mol. The average Bonchev–Trinajstić information content (AvgIpc) is 3.17. The quantitative estimate of drug-likeness (QED) is 0.553. The highest BCUT2D eigenvalue weighted by molar-refractivity contribution is 6.06. The summed E-state index contributed by atoms with van der Waals surface area (Å²) in [5, 5.41) is 2.94. The molecule has 0 aliphatic carbocycles. The van der Waals surface area contributed by atoms with Crippen molar-refractivity contribution in [1.29, 1.82) is 0 Å². The third-order valence-electron chi connectivity index (χ3n) is 4.30. The molecule has 2 N–H and O–H groups in total. The number of ether oxygens (including phenoxy) is 2. The van der Waals surface area contributed by atoms with E-state index < -0.39 is 0 Å². The first-order valence-electron chi connectivity index (χ1n) is 8.62. The third kappa shape index (κ3) is 3.37. The highest BCUT2D eigenvalue weighted by Crippen LogP contribution is 2.28. The molecule has 7 heteroatoms. The largest absolute Gasteiger partial charge is 0.497 e. The summed E-state index contributed by atoms with van der Waals surface area (Å²) in [7, 11) is 3.09. The molecular formula is C21H18N4O3. The van der Waals surface area contributed by atoms with Crippen LogP contribution in [-0.4, -0.2) is 35.1 Å². The zero-order valence-electron chi connectivity index (χ0n) is 15.4. The molecule has 0 radical (unpaired) electrons. The van der Waals surface area contributed by atoms with E-state index >= 15 is 0 Å². The molecule has 0 aliphatic rings. The number of nitrogens with one attached hydrogen (secondary N) is 2. The van der Waals surface area contributed by atoms with Crippen LogP contribution in [-0.2, 0) is 0 Å². The Balaban J connectivity index is 1.68. The second kappa shape index (κ2) is 7.40. The number of H-pyrrole nitrogens is 1. The lowest BCUT2D eigenvalue weighted by molar-refractivity contribution is 0.102. The van der Waals surface area contributed by atoms with Gasteiger partial charge in [-0.1, -0.05) is 12.1 Å². The van der Waals surface area contributed by atoms with Gasteiger partial charge >= 0.3 is 0 Å². The molecule has 1 amide bonds. The number of amides is 1. The SMILES string of the molecule is COc1cc(OC)cc(C(=O)Nc2ccccc2-c2nc3ncccc3[nH]2)c1. The lowest BCUT2D eigenvalue weighted by Gasteiger charge is -2.11. The summed E-state index contributed by atoms with van der Waals surface area (Å²) < 4.78 is 10.5. The van der Waals surface area contributed by atoms with E-state index in [0.29, 0.717) is 34.2 Å². The molecule has 0 unspecified atom stereocenters. The summed E-state index contributed by atoms with van der Waals surface area (Å²) in [6, 6.07) is 16.2. The maximum atomic E-state index is 12.8. The number of para-hydroxylation sites is 1. The topological polar surface area (TPSA) is 89.1 Å². The fourth-order valence-corrected chi connectivity index (χ4v) is 2.90. The first-order chi connectivity index (χ1) is 13.7. The number of rotatable bonds is 5. The van der Waals surface area contributed by atoms with Crippen LogP contribution in [0.1, 0.15) is 10.4 Å². The van der Waals surface area contributed by atoms with Crippen molar-refractivity contribution in [1.82, 2.24) is 15.0 Å². The van der Waals surface area contributed by atoms with Crippen molar-refractivity contribution in [3.63, 3.8) is 0 Å². The fraction of sp³-hybridized carbons (Fsp3) is 0.0952. The van der Waals surface area contributed by atoms with Crippen molar-refractivity contribution < 1.29 is 14.3 Å². The summed E-state index contributed by atoms with van der Waals surface area (Å²) >= 11 is 0. The predicted octanol–water partition coefficient (Wildman–Crippen LogP) is 3.89. The van der Waals surface area contributed by atoms with Crippen molar-refractivity contribution in [3.05, 3.63) is 66.4 Å². The number of hydrogen-bond donors (Lipinski definition) is 2. The number of imidazole rings is 1. The molecule has 140 valence electrons. The van der Waals surface area contributed by atoms with E-state index in [1.165, 1.54) is 0 Å². The number of benzene rings is 2. The van der Waals surface area contributed by atoms with Crippen LogP contribution in [0, 0.1) is 0 Å². The summed E-state index contributed by atoms with van der Waals surface area (Å²) in [5.41, 5.74) is 3.28. The number of anilines is 1. The smallest absolute Gasteiger partial charge is 0.255 e. The predicted molar refractivity (Wildman–Crippen MR) is 107 cm³/mol. The number of carbonyl (C=O) groups excluding carboxylic acids is 1. The highest BCUT2D eigenvalue weighted by atomic mass is 16.5. The molecular weight excluding hydrogens is 356 g/mol. The van der Waals surface area contributed by atoms with Crippen LogP contribution in [0.2, 0.25) is 0 Å². The zero-order valence-corrected chi connectivity index (χ0v) is 15.4. The Labute approximate surface area is 161 Å². The van der Waals surface area contributed by atoms with Crippen molar-refractivity contribution in [2.24, 2.45) is 0 Å². The minimum absolute atomic E-state index is 0.279. The Kier molecular flexibility index (Phi) is 4.63. The van der Waals surface area contributed by atoms with Gasteiger partial charge in [-0.2, -0.15) is 0 Å². The number of methoxy groups -OCH3 is 2. The molecule has 0 aliphatic heterocycles. The van der Waals surface area contributed by atoms with Crippen LogP contribution < -0.4 is 14.8 Å². The van der Waals surface area contributed by atoms with Gasteiger partial charge in [0.15, 0.2) is 5.65 Å². The third-order valence-corrected chi connectivity index (χ3v) is 4.30. The first kappa shape index (κ1) is 17.5. The van der Waals surface area contributed by atoms with Crippen LogP contribution in [0.5, 0.6) is 11.5 Å². The monoisotopic (exact) mass is 374 g/mol. The second-order valence-electron chi connectivity index (χ2n) is 6.06. The van der Waals surface area contributed by atoms with Gasteiger partial charge in [-0.05, 0) is 36.4 Å². The molecule has 7 nitrogen and oxygen atoms in total. The van der Waals surface area contributed by atoms with E-state index in [1.54, 1.807) is 38.6 Å². The summed E-state index contributed by atoms with van der Waals surface area (Å²) in [6.45, 7) is 0. The van der Waals surface area contributed by atoms with E-state index in [9.17, 15) is 4.79 Å². The number of carbonyl (C=O) groups is 1. The number of nitrogens with zero attached hydrogens (tertiary/aromatic N) is 2. The lowest BCUT2D eigenvalue weighted by atomic mass is 10.1. The van der Waals surface area contributed by atoms with Gasteiger partial charge < -0.3 is 19.8 Å². The standard InChI is InChI=1S/C21H18N4O3/c1-27-14-10-13(11-15(12-14)28-2)21(26)24-17-7-4-3-6-16(17)19-23-18-8-5-9-22-20(18)25-19/h3-12H,1-2H3,(H,24,26)(H,22,23,25). The molecule has 0 saturated heterocycles. The van der Waals surface area contributed by atoms with Crippen LogP contribution in [0.3, 0.4) is 0 Å². The molecule has 0 fully saturated rings. The highest BCUT2D eigenvalue weighted by Gasteiger charge is 2.15. The zero-order chi connectivity index (χ0) is 19.5. The molecule has 0 bridgehead atoms. The Hall–Kier alpha value is -3.87. The van der Waals surface area contributed by atoms with E-state index in [0.717, 1.165) is 11.1 Å². The van der Waals surface area contributed by atoms with Crippen molar-refractivity contribution in [3.8, 4) is 22.9 Å². The Morgan fingerprint density at radius 3 is 2.46 bits per heavy atom. The van der Waals surface area contributed by atoms with Gasteiger partial charge in [0.05, 0.1) is 25.4 Å². The van der Waals surface area contributed by atoms with Gasteiger partial charge in [-0.15, -0.1) is 0 Å². The van der Waals surface area contributed by atoms with E-state index in [-0.39, 0.29) is 5.91 Å². The molecule has 0 atom stereocenters. The summed E-state index contributed by atoms with van der Waals surface area (Å²) in [5.74, 6) is 1.44. The minimum atomic E-state index is -0.279. The minimum Gasteiger partial charge on any atom is -0.497 e. The number of fused-ring (bicyclic) bond motifs is 1. The molecule has 0 saturated carbocycles. The molecule has 28 heavy (non-hydrogen) atoms. The van der Waals surface area contributed by atoms with Crippen molar-refractivity contribution in [2.75, 3.05) is 19.5 Å². The second-order valence-corrected chi connectivity index (χ2v) is 6.06. The molecule has 2 aromatic carbocycles. The molecule has 2 heterocycles. The van der Waals surface area contributed by atoms with Gasteiger partial charge in [0.1, 0.15) is 17.3 Å². The van der Waals surface area contributed by atoms with Gasteiger partial charge in [0, 0.05) is 23.4 Å². The first-order valence-corrected chi connectivity index (χ1v) is 8.62. The van der Waals surface area contributed by atoms with E-state index in [4.69, 9.17) is 9.47 Å².